The summed E-state index contributed by atoms with van der Waals surface area (Å²) in [4.78, 5) is 0. The van der Waals surface area contributed by atoms with E-state index in [4.69, 9.17) is 0 Å². The molecule has 2 aromatic rings. The fourth-order valence-electron chi connectivity index (χ4n) is 2.54. The minimum Gasteiger partial charge on any atom is -0.313 e. The molecule has 0 amide bonds. The summed E-state index contributed by atoms with van der Waals surface area (Å²) in [6.07, 6.45) is -4.84. The Balaban J connectivity index is 2.37. The van der Waals surface area contributed by atoms with E-state index in [0.29, 0.717) is 0 Å². The molecule has 0 fully saturated rings. The predicted octanol–water partition coefficient (Wildman–Crippen LogP) is 4.75. The standard InChI is InChI=1S/C16H18F3N/c1-11-7-8-14(13-6-4-3-5-12(11)13)15(20-2)9-10-16(17,18)19/h3-8,15,20H,9-10H2,1-2H3. The van der Waals surface area contributed by atoms with Gasteiger partial charge in [-0.3, -0.25) is 0 Å². The number of hydrogen-bond donors (Lipinski definition) is 1. The van der Waals surface area contributed by atoms with E-state index in [-0.39, 0.29) is 12.5 Å². The van der Waals surface area contributed by atoms with Gasteiger partial charge < -0.3 is 5.32 Å². The van der Waals surface area contributed by atoms with Crippen LogP contribution in [0.1, 0.15) is 30.0 Å². The van der Waals surface area contributed by atoms with Crippen molar-refractivity contribution >= 4 is 10.8 Å². The van der Waals surface area contributed by atoms with Crippen LogP contribution < -0.4 is 5.32 Å². The first kappa shape index (κ1) is 14.9. The molecule has 0 bridgehead atoms. The molecule has 0 saturated heterocycles. The molecule has 108 valence electrons. The third kappa shape index (κ3) is 3.31. The first-order chi connectivity index (χ1) is 9.42. The molecule has 4 heteroatoms. The van der Waals surface area contributed by atoms with Crippen LogP contribution in [0.15, 0.2) is 36.4 Å². The summed E-state index contributed by atoms with van der Waals surface area (Å²) in [6.45, 7) is 2.01. The summed E-state index contributed by atoms with van der Waals surface area (Å²) >= 11 is 0. The summed E-state index contributed by atoms with van der Waals surface area (Å²) in [6, 6.07) is 11.4. The number of benzene rings is 2. The van der Waals surface area contributed by atoms with Gasteiger partial charge >= 0.3 is 6.18 Å². The predicted molar refractivity (Wildman–Crippen MR) is 75.8 cm³/mol. The maximum Gasteiger partial charge on any atom is 0.389 e. The fourth-order valence-corrected chi connectivity index (χ4v) is 2.54. The summed E-state index contributed by atoms with van der Waals surface area (Å²) in [5.41, 5.74) is 2.06. The molecule has 2 aromatic carbocycles. The topological polar surface area (TPSA) is 12.0 Å². The molecule has 1 nitrogen and oxygen atoms in total. The van der Waals surface area contributed by atoms with E-state index in [9.17, 15) is 13.2 Å². The second kappa shape index (κ2) is 5.83. The minimum atomic E-state index is -4.12. The van der Waals surface area contributed by atoms with Gasteiger partial charge in [0.1, 0.15) is 0 Å². The lowest BCUT2D eigenvalue weighted by molar-refractivity contribution is -0.136. The molecule has 20 heavy (non-hydrogen) atoms. The van der Waals surface area contributed by atoms with Crippen molar-refractivity contribution in [1.29, 1.82) is 0 Å². The number of fused-ring (bicyclic) bond motifs is 1. The molecule has 2 rings (SSSR count). The molecule has 1 atom stereocenters. The van der Waals surface area contributed by atoms with Gasteiger partial charge in [0.15, 0.2) is 0 Å². The van der Waals surface area contributed by atoms with Crippen molar-refractivity contribution in [3.8, 4) is 0 Å². The number of alkyl halides is 3. The van der Waals surface area contributed by atoms with Crippen LogP contribution in [0.4, 0.5) is 13.2 Å². The molecular formula is C16H18F3N. The molecule has 0 aliphatic heterocycles. The van der Waals surface area contributed by atoms with Crippen LogP contribution in [-0.2, 0) is 0 Å². The maximum atomic E-state index is 12.4. The van der Waals surface area contributed by atoms with E-state index in [0.717, 1.165) is 21.9 Å². The Hall–Kier alpha value is -1.55. The van der Waals surface area contributed by atoms with Crippen LogP contribution in [0, 0.1) is 6.92 Å². The summed E-state index contributed by atoms with van der Waals surface area (Å²) in [5.74, 6) is 0. The molecule has 0 aliphatic rings. The fraction of sp³-hybridized carbons (Fsp3) is 0.375. The summed E-state index contributed by atoms with van der Waals surface area (Å²) in [5, 5.41) is 5.12. The van der Waals surface area contributed by atoms with Crippen LogP contribution in [0.5, 0.6) is 0 Å². The van der Waals surface area contributed by atoms with Gasteiger partial charge in [-0.25, -0.2) is 0 Å². The van der Waals surface area contributed by atoms with Crippen molar-refractivity contribution in [2.75, 3.05) is 7.05 Å². The van der Waals surface area contributed by atoms with Crippen molar-refractivity contribution in [3.63, 3.8) is 0 Å². The van der Waals surface area contributed by atoms with Gasteiger partial charge in [0.25, 0.3) is 0 Å². The Morgan fingerprint density at radius 3 is 2.30 bits per heavy atom. The SMILES string of the molecule is CNC(CCC(F)(F)F)c1ccc(C)c2ccccc12. The largest absolute Gasteiger partial charge is 0.389 e. The smallest absolute Gasteiger partial charge is 0.313 e. The Labute approximate surface area is 116 Å². The average molecular weight is 281 g/mol. The number of nitrogens with one attached hydrogen (secondary N) is 1. The molecule has 0 aromatic heterocycles. The van der Waals surface area contributed by atoms with Crippen LogP contribution in [0.3, 0.4) is 0 Å². The van der Waals surface area contributed by atoms with E-state index in [2.05, 4.69) is 5.32 Å². The summed E-state index contributed by atoms with van der Waals surface area (Å²) in [7, 11) is 1.70. The lowest BCUT2D eigenvalue weighted by Gasteiger charge is -2.20. The number of rotatable bonds is 4. The van der Waals surface area contributed by atoms with E-state index in [1.807, 2.05) is 43.3 Å². The number of hydrogen-bond acceptors (Lipinski definition) is 1. The average Bonchev–Trinajstić information content (AvgIpc) is 2.41. The van der Waals surface area contributed by atoms with Crippen LogP contribution in [0.2, 0.25) is 0 Å². The highest BCUT2D eigenvalue weighted by atomic mass is 19.4. The highest BCUT2D eigenvalue weighted by Crippen LogP contribution is 2.32. The zero-order chi connectivity index (χ0) is 14.8. The third-order valence-electron chi connectivity index (χ3n) is 3.62. The normalized spacial score (nSPS) is 13.7. The number of halogens is 3. The van der Waals surface area contributed by atoms with Gasteiger partial charge in [0, 0.05) is 12.5 Å². The molecule has 0 radical (unpaired) electrons. The second-order valence-electron chi connectivity index (χ2n) is 5.01. The third-order valence-corrected chi connectivity index (χ3v) is 3.62. The maximum absolute atomic E-state index is 12.4. The number of aryl methyl sites for hydroxylation is 1. The lowest BCUT2D eigenvalue weighted by Crippen LogP contribution is -2.20. The molecule has 0 saturated carbocycles. The Morgan fingerprint density at radius 1 is 1.05 bits per heavy atom. The van der Waals surface area contributed by atoms with E-state index >= 15 is 0 Å². The van der Waals surface area contributed by atoms with Crippen molar-refractivity contribution in [2.45, 2.75) is 32.0 Å². The first-order valence-electron chi connectivity index (χ1n) is 6.64. The van der Waals surface area contributed by atoms with Gasteiger partial charge in [-0.2, -0.15) is 13.2 Å². The monoisotopic (exact) mass is 281 g/mol. The minimum absolute atomic E-state index is 0.0487. The quantitative estimate of drug-likeness (QED) is 0.852. The van der Waals surface area contributed by atoms with Crippen molar-refractivity contribution in [2.24, 2.45) is 0 Å². The van der Waals surface area contributed by atoms with Gasteiger partial charge in [-0.05, 0) is 42.3 Å². The molecule has 1 N–H and O–H groups in total. The lowest BCUT2D eigenvalue weighted by atomic mass is 9.93. The summed E-state index contributed by atoms with van der Waals surface area (Å²) < 4.78 is 37.3. The van der Waals surface area contributed by atoms with Crippen LogP contribution in [0.25, 0.3) is 10.8 Å². The van der Waals surface area contributed by atoms with Gasteiger partial charge in [-0.1, -0.05) is 36.4 Å². The Kier molecular flexibility index (Phi) is 4.33. The van der Waals surface area contributed by atoms with E-state index < -0.39 is 12.6 Å². The molecular weight excluding hydrogens is 263 g/mol. The second-order valence-corrected chi connectivity index (χ2v) is 5.01. The zero-order valence-corrected chi connectivity index (χ0v) is 11.6. The molecule has 0 heterocycles. The highest BCUT2D eigenvalue weighted by molar-refractivity contribution is 5.88. The van der Waals surface area contributed by atoms with Gasteiger partial charge in [-0.15, -0.1) is 0 Å². The van der Waals surface area contributed by atoms with E-state index in [1.165, 1.54) is 0 Å². The van der Waals surface area contributed by atoms with Crippen LogP contribution in [-0.4, -0.2) is 13.2 Å². The Bertz CT molecular complexity index is 590. The van der Waals surface area contributed by atoms with E-state index in [1.54, 1.807) is 7.05 Å². The van der Waals surface area contributed by atoms with Crippen molar-refractivity contribution in [1.82, 2.24) is 5.32 Å². The van der Waals surface area contributed by atoms with Crippen LogP contribution >= 0.6 is 0 Å². The van der Waals surface area contributed by atoms with Gasteiger partial charge in [0.2, 0.25) is 0 Å². The van der Waals surface area contributed by atoms with Crippen molar-refractivity contribution < 1.29 is 13.2 Å². The first-order valence-corrected chi connectivity index (χ1v) is 6.64. The van der Waals surface area contributed by atoms with Gasteiger partial charge in [0.05, 0.1) is 0 Å². The molecule has 1 unspecified atom stereocenters. The molecule has 0 aliphatic carbocycles. The highest BCUT2D eigenvalue weighted by Gasteiger charge is 2.28. The molecule has 0 spiro atoms. The zero-order valence-electron chi connectivity index (χ0n) is 11.6. The Morgan fingerprint density at radius 2 is 1.70 bits per heavy atom. The van der Waals surface area contributed by atoms with Crippen molar-refractivity contribution in [3.05, 3.63) is 47.5 Å².